The van der Waals surface area contributed by atoms with E-state index >= 15 is 0 Å². The first kappa shape index (κ1) is 24.2. The second-order valence-electron chi connectivity index (χ2n) is 9.10. The average molecular weight is 498 g/mol. The minimum Gasteiger partial charge on any atom is -0.497 e. The molecule has 1 heterocycles. The Balaban J connectivity index is 1.54. The van der Waals surface area contributed by atoms with Crippen LogP contribution in [0.25, 0.3) is 6.08 Å². The molecule has 0 aromatic heterocycles. The number of rotatable bonds is 6. The summed E-state index contributed by atoms with van der Waals surface area (Å²) in [5.41, 5.74) is 4.32. The van der Waals surface area contributed by atoms with Crippen LogP contribution in [-0.4, -0.2) is 35.8 Å². The standard InChI is InChI=1S/C29H27N3O5/c1-36-24-14-6-19(7-15-24)18-22-4-3-5-26-27(22)30-31(28(26)20-10-16-25(37-2)17-11-20)29(33)21-8-12-23(13-9-21)32(34)35/h6-18,26,28H,3-5H2,1-2H3/b22-18-. The third-order valence-electron chi connectivity index (χ3n) is 6.95. The monoisotopic (exact) mass is 497 g/mol. The molecule has 2 aliphatic rings. The second-order valence-corrected chi connectivity index (χ2v) is 9.10. The molecule has 1 aliphatic carbocycles. The Morgan fingerprint density at radius 3 is 2.19 bits per heavy atom. The third-order valence-corrected chi connectivity index (χ3v) is 6.95. The molecule has 1 aliphatic heterocycles. The highest BCUT2D eigenvalue weighted by atomic mass is 16.6. The number of nitro benzene ring substituents is 1. The molecule has 2 unspecified atom stereocenters. The van der Waals surface area contributed by atoms with Crippen molar-refractivity contribution < 1.29 is 19.2 Å². The van der Waals surface area contributed by atoms with E-state index in [0.29, 0.717) is 5.56 Å². The molecule has 1 saturated carbocycles. The fraction of sp³-hybridized carbons (Fsp3) is 0.241. The lowest BCUT2D eigenvalue weighted by Crippen LogP contribution is -2.31. The van der Waals surface area contributed by atoms with Crippen LogP contribution in [-0.2, 0) is 0 Å². The maximum absolute atomic E-state index is 13.7. The van der Waals surface area contributed by atoms with Gasteiger partial charge in [-0.05, 0) is 78.4 Å². The number of fused-ring (bicyclic) bond motifs is 1. The van der Waals surface area contributed by atoms with E-state index in [1.54, 1.807) is 19.2 Å². The lowest BCUT2D eigenvalue weighted by atomic mass is 9.77. The zero-order chi connectivity index (χ0) is 25.9. The van der Waals surface area contributed by atoms with Gasteiger partial charge < -0.3 is 9.47 Å². The molecular formula is C29H27N3O5. The SMILES string of the molecule is COc1ccc(/C=C2/CCCC3C2=NN(C(=O)c2ccc([N+](=O)[O-])cc2)C3c2ccc(OC)cc2)cc1. The van der Waals surface area contributed by atoms with Crippen LogP contribution in [0.15, 0.2) is 83.5 Å². The Kier molecular flexibility index (Phi) is 6.72. The first-order chi connectivity index (χ1) is 18.0. The molecule has 2 atom stereocenters. The van der Waals surface area contributed by atoms with Gasteiger partial charge in [-0.1, -0.05) is 24.3 Å². The van der Waals surface area contributed by atoms with Crippen LogP contribution in [0.4, 0.5) is 5.69 Å². The number of ether oxygens (including phenoxy) is 2. The lowest BCUT2D eigenvalue weighted by molar-refractivity contribution is -0.384. The van der Waals surface area contributed by atoms with Gasteiger partial charge in [0.05, 0.1) is 30.9 Å². The van der Waals surface area contributed by atoms with Crippen molar-refractivity contribution in [2.75, 3.05) is 14.2 Å². The Morgan fingerprint density at radius 2 is 1.59 bits per heavy atom. The summed E-state index contributed by atoms with van der Waals surface area (Å²) in [4.78, 5) is 24.3. The van der Waals surface area contributed by atoms with Gasteiger partial charge in [0.1, 0.15) is 11.5 Å². The number of allylic oxidation sites excluding steroid dienone is 1. The number of carbonyl (C=O) groups excluding carboxylic acids is 1. The van der Waals surface area contributed by atoms with Gasteiger partial charge in [-0.3, -0.25) is 14.9 Å². The van der Waals surface area contributed by atoms with Gasteiger partial charge in [-0.15, -0.1) is 0 Å². The molecule has 0 bridgehead atoms. The predicted molar refractivity (Wildman–Crippen MR) is 141 cm³/mol. The topological polar surface area (TPSA) is 94.3 Å². The normalized spacial score (nSPS) is 19.8. The van der Waals surface area contributed by atoms with E-state index in [1.807, 2.05) is 48.5 Å². The molecule has 1 fully saturated rings. The van der Waals surface area contributed by atoms with Crippen molar-refractivity contribution in [1.29, 1.82) is 0 Å². The molecule has 8 heteroatoms. The van der Waals surface area contributed by atoms with Crippen molar-refractivity contribution in [2.24, 2.45) is 11.0 Å². The fourth-order valence-electron chi connectivity index (χ4n) is 5.06. The van der Waals surface area contributed by atoms with Gasteiger partial charge in [0, 0.05) is 23.6 Å². The number of amides is 1. The molecule has 8 nitrogen and oxygen atoms in total. The van der Waals surface area contributed by atoms with Crippen LogP contribution in [0.5, 0.6) is 11.5 Å². The summed E-state index contributed by atoms with van der Waals surface area (Å²) < 4.78 is 10.6. The van der Waals surface area contributed by atoms with Crippen molar-refractivity contribution in [3.63, 3.8) is 0 Å². The van der Waals surface area contributed by atoms with Crippen molar-refractivity contribution in [1.82, 2.24) is 5.01 Å². The van der Waals surface area contributed by atoms with E-state index in [1.165, 1.54) is 24.3 Å². The number of hydrogen-bond donors (Lipinski definition) is 0. The molecule has 5 rings (SSSR count). The average Bonchev–Trinajstić information content (AvgIpc) is 3.34. The van der Waals surface area contributed by atoms with Crippen LogP contribution in [0.3, 0.4) is 0 Å². The maximum atomic E-state index is 13.7. The Hall–Kier alpha value is -4.46. The van der Waals surface area contributed by atoms with Crippen LogP contribution >= 0.6 is 0 Å². The Bertz CT molecular complexity index is 1360. The smallest absolute Gasteiger partial charge is 0.274 e. The lowest BCUT2D eigenvalue weighted by Gasteiger charge is -2.29. The van der Waals surface area contributed by atoms with Crippen LogP contribution < -0.4 is 9.47 Å². The third kappa shape index (κ3) is 4.82. The molecule has 188 valence electrons. The van der Waals surface area contributed by atoms with Crippen molar-refractivity contribution >= 4 is 23.4 Å². The number of carbonyl (C=O) groups is 1. The number of hydrazone groups is 1. The van der Waals surface area contributed by atoms with E-state index in [0.717, 1.165) is 53.2 Å². The molecule has 0 N–H and O–H groups in total. The van der Waals surface area contributed by atoms with E-state index in [2.05, 4.69) is 6.08 Å². The molecule has 0 spiro atoms. The summed E-state index contributed by atoms with van der Waals surface area (Å²) >= 11 is 0. The highest BCUT2D eigenvalue weighted by molar-refractivity contribution is 6.09. The highest BCUT2D eigenvalue weighted by Gasteiger charge is 2.44. The van der Waals surface area contributed by atoms with Gasteiger partial charge in [0.15, 0.2) is 0 Å². The fourth-order valence-corrected chi connectivity index (χ4v) is 5.06. The van der Waals surface area contributed by atoms with Crippen molar-refractivity contribution in [2.45, 2.75) is 25.3 Å². The first-order valence-electron chi connectivity index (χ1n) is 12.1. The van der Waals surface area contributed by atoms with Crippen molar-refractivity contribution in [3.8, 4) is 11.5 Å². The number of hydrogen-bond acceptors (Lipinski definition) is 6. The zero-order valence-electron chi connectivity index (χ0n) is 20.7. The van der Waals surface area contributed by atoms with Gasteiger partial charge >= 0.3 is 0 Å². The van der Waals surface area contributed by atoms with Gasteiger partial charge in [0.25, 0.3) is 11.6 Å². The second kappa shape index (κ2) is 10.3. The molecular weight excluding hydrogens is 470 g/mol. The van der Waals surface area contributed by atoms with Gasteiger partial charge in [-0.25, -0.2) is 5.01 Å². The molecule has 1 amide bonds. The van der Waals surface area contributed by atoms with Gasteiger partial charge in [0.2, 0.25) is 0 Å². The van der Waals surface area contributed by atoms with Gasteiger partial charge in [-0.2, -0.15) is 5.10 Å². The van der Waals surface area contributed by atoms with Crippen LogP contribution in [0, 0.1) is 16.0 Å². The number of nitro groups is 1. The molecule has 0 saturated heterocycles. The number of non-ortho nitro benzene ring substituents is 1. The maximum Gasteiger partial charge on any atom is 0.274 e. The first-order valence-corrected chi connectivity index (χ1v) is 12.1. The van der Waals surface area contributed by atoms with E-state index < -0.39 is 4.92 Å². The highest BCUT2D eigenvalue weighted by Crippen LogP contribution is 2.45. The van der Waals surface area contributed by atoms with Crippen LogP contribution in [0.1, 0.15) is 46.8 Å². The number of benzene rings is 3. The van der Waals surface area contributed by atoms with E-state index in [4.69, 9.17) is 14.6 Å². The summed E-state index contributed by atoms with van der Waals surface area (Å²) in [7, 11) is 3.26. The minimum atomic E-state index is -0.477. The molecule has 0 radical (unpaired) electrons. The Labute approximate surface area is 215 Å². The quantitative estimate of drug-likeness (QED) is 0.305. The molecule has 3 aromatic carbocycles. The van der Waals surface area contributed by atoms with E-state index in [-0.39, 0.29) is 23.6 Å². The number of methoxy groups -OCH3 is 2. The summed E-state index contributed by atoms with van der Waals surface area (Å²) in [5.74, 6) is 1.27. The predicted octanol–water partition coefficient (Wildman–Crippen LogP) is 6.05. The van der Waals surface area contributed by atoms with Crippen molar-refractivity contribution in [3.05, 3.63) is 105 Å². The molecule has 37 heavy (non-hydrogen) atoms. The summed E-state index contributed by atoms with van der Waals surface area (Å²) in [6.07, 6.45) is 4.89. The summed E-state index contributed by atoms with van der Waals surface area (Å²) in [6.45, 7) is 0. The minimum absolute atomic E-state index is 0.0358. The largest absolute Gasteiger partial charge is 0.497 e. The summed E-state index contributed by atoms with van der Waals surface area (Å²) in [5, 5.41) is 17.5. The Morgan fingerprint density at radius 1 is 0.973 bits per heavy atom. The molecule has 3 aromatic rings. The number of nitrogens with zero attached hydrogens (tertiary/aromatic N) is 3. The summed E-state index contributed by atoms with van der Waals surface area (Å²) in [6, 6.07) is 21.0. The zero-order valence-corrected chi connectivity index (χ0v) is 20.7. The van der Waals surface area contributed by atoms with E-state index in [9.17, 15) is 14.9 Å². The van der Waals surface area contributed by atoms with Crippen LogP contribution in [0.2, 0.25) is 0 Å².